The van der Waals surface area contributed by atoms with Crippen LogP contribution in [0.1, 0.15) is 18.7 Å². The standard InChI is InChI=1S/C31H32N10O4/c1-19-33-27-22(38-13-11-37(2)12-14-38)15-20(16-24(27)45-19)34-31-32-17-21-28(36-31)41-25-8-7-23-29(35-25)39(26(42)18-44-23)9-5-3-4-6-10-40(41)30(21)43/h4,6-8,15-17H,3,5,9-14,18H2,1-2H3,(H,32,34,36)/b6-4-. The number of carbonyl (C=O) groups is 1. The van der Waals surface area contributed by atoms with Gasteiger partial charge in [-0.3, -0.25) is 14.5 Å². The lowest BCUT2D eigenvalue weighted by Crippen LogP contribution is -2.44. The van der Waals surface area contributed by atoms with Crippen LogP contribution in [0.5, 0.6) is 5.75 Å². The predicted octanol–water partition coefficient (Wildman–Crippen LogP) is 3.00. The average molecular weight is 609 g/mol. The van der Waals surface area contributed by atoms with Gasteiger partial charge in [0, 0.05) is 57.6 Å². The number of hydrogen-bond acceptors (Lipinski definition) is 11. The topological polar surface area (TPSA) is 140 Å². The molecule has 1 saturated heterocycles. The van der Waals surface area contributed by atoms with Crippen LogP contribution in [-0.2, 0) is 11.3 Å². The van der Waals surface area contributed by atoms with Gasteiger partial charge in [0.25, 0.3) is 11.5 Å². The number of piperazine rings is 1. The molecule has 0 spiro atoms. The molecule has 3 aliphatic rings. The Balaban J connectivity index is 1.23. The Morgan fingerprint density at radius 3 is 2.71 bits per heavy atom. The summed E-state index contributed by atoms with van der Waals surface area (Å²) in [5, 5.41) is 3.69. The van der Waals surface area contributed by atoms with Crippen molar-refractivity contribution in [3.63, 3.8) is 0 Å². The van der Waals surface area contributed by atoms with E-state index < -0.39 is 0 Å². The van der Waals surface area contributed by atoms with Gasteiger partial charge < -0.3 is 24.3 Å². The summed E-state index contributed by atoms with van der Waals surface area (Å²) in [6.45, 7) is 6.32. The van der Waals surface area contributed by atoms with Gasteiger partial charge in [0.2, 0.25) is 5.95 Å². The molecule has 0 atom stereocenters. The van der Waals surface area contributed by atoms with Crippen molar-refractivity contribution in [2.24, 2.45) is 0 Å². The summed E-state index contributed by atoms with van der Waals surface area (Å²) < 4.78 is 14.9. The maximum absolute atomic E-state index is 13.7. The number of amides is 1. The van der Waals surface area contributed by atoms with Crippen molar-refractivity contribution in [3.05, 3.63) is 58.9 Å². The monoisotopic (exact) mass is 608 g/mol. The maximum Gasteiger partial charge on any atom is 0.278 e. The zero-order chi connectivity index (χ0) is 30.7. The first-order chi connectivity index (χ1) is 21.9. The SMILES string of the molecule is Cc1nc2c(N3CCN(C)CC3)cc(Nc3ncc4c(=O)n5n(c4n3)-c3ccc4c(n3)N(CCC/C=C\C5)C(=O)CO4)cc2o1. The number of allylic oxidation sites excluding steroid dienone is 2. The van der Waals surface area contributed by atoms with Crippen LogP contribution < -0.4 is 25.4 Å². The van der Waals surface area contributed by atoms with Crippen LogP contribution in [0.4, 0.5) is 23.1 Å². The molecule has 14 nitrogen and oxygen atoms in total. The van der Waals surface area contributed by atoms with Gasteiger partial charge in [-0.2, -0.15) is 4.98 Å². The molecule has 4 aromatic heterocycles. The van der Waals surface area contributed by atoms with Crippen molar-refractivity contribution >= 4 is 51.2 Å². The van der Waals surface area contributed by atoms with Crippen molar-refractivity contribution in [1.82, 2.24) is 34.2 Å². The fourth-order valence-electron chi connectivity index (χ4n) is 6.17. The van der Waals surface area contributed by atoms with Crippen molar-refractivity contribution in [3.8, 4) is 11.6 Å². The van der Waals surface area contributed by atoms with Gasteiger partial charge in [0.1, 0.15) is 10.9 Å². The quantitative estimate of drug-likeness (QED) is 0.302. The van der Waals surface area contributed by atoms with Crippen LogP contribution >= 0.6 is 0 Å². The van der Waals surface area contributed by atoms with Gasteiger partial charge in [-0.15, -0.1) is 0 Å². The van der Waals surface area contributed by atoms with Crippen LogP contribution in [0, 0.1) is 6.92 Å². The van der Waals surface area contributed by atoms with Crippen molar-refractivity contribution in [2.45, 2.75) is 26.3 Å². The fraction of sp³-hybridized carbons (Fsp3) is 0.355. The molecule has 2 bridgehead atoms. The van der Waals surface area contributed by atoms with Gasteiger partial charge in [0.05, 0.1) is 12.2 Å². The number of anilines is 4. The second-order valence-corrected chi connectivity index (χ2v) is 11.6. The number of pyridine rings is 1. The van der Waals surface area contributed by atoms with Crippen LogP contribution in [0.25, 0.3) is 28.0 Å². The zero-order valence-electron chi connectivity index (χ0n) is 25.1. The lowest BCUT2D eigenvalue weighted by atomic mass is 10.2. The first-order valence-corrected chi connectivity index (χ1v) is 15.1. The number of fused-ring (bicyclic) bond motifs is 6. The number of aromatic nitrogens is 6. The van der Waals surface area contributed by atoms with Gasteiger partial charge >= 0.3 is 0 Å². The first-order valence-electron chi connectivity index (χ1n) is 15.1. The van der Waals surface area contributed by atoms with E-state index in [9.17, 15) is 9.59 Å². The number of nitrogens with one attached hydrogen (secondary N) is 1. The second-order valence-electron chi connectivity index (χ2n) is 11.6. The molecule has 0 saturated carbocycles. The molecule has 1 amide bonds. The van der Waals surface area contributed by atoms with E-state index in [-0.39, 0.29) is 18.1 Å². The minimum Gasteiger partial charge on any atom is -0.480 e. The number of oxazole rings is 1. The Morgan fingerprint density at radius 2 is 1.84 bits per heavy atom. The predicted molar refractivity (Wildman–Crippen MR) is 169 cm³/mol. The van der Waals surface area contributed by atoms with Crippen LogP contribution in [0.3, 0.4) is 0 Å². The normalized spacial score (nSPS) is 18.0. The third-order valence-corrected chi connectivity index (χ3v) is 8.50. The van der Waals surface area contributed by atoms with E-state index in [2.05, 4.69) is 32.1 Å². The Bertz CT molecular complexity index is 2050. The molecule has 230 valence electrons. The number of nitrogens with zero attached hydrogens (tertiary/aromatic N) is 9. The molecule has 1 N–H and O–H groups in total. The zero-order valence-corrected chi connectivity index (χ0v) is 25.1. The van der Waals surface area contributed by atoms with Gasteiger partial charge in [-0.1, -0.05) is 12.2 Å². The summed E-state index contributed by atoms with van der Waals surface area (Å²) >= 11 is 0. The van der Waals surface area contributed by atoms with Gasteiger partial charge in [0.15, 0.2) is 41.1 Å². The smallest absolute Gasteiger partial charge is 0.278 e. The van der Waals surface area contributed by atoms with Gasteiger partial charge in [-0.25, -0.2) is 24.3 Å². The highest BCUT2D eigenvalue weighted by molar-refractivity contribution is 5.97. The number of likely N-dealkylation sites (N-methyl/N-ethyl adjacent to an activating group) is 1. The minimum absolute atomic E-state index is 0.0285. The highest BCUT2D eigenvalue weighted by Gasteiger charge is 2.29. The minimum atomic E-state index is -0.238. The van der Waals surface area contributed by atoms with Crippen molar-refractivity contribution < 1.29 is 13.9 Å². The second kappa shape index (κ2) is 10.7. The molecule has 0 unspecified atom stereocenters. The third kappa shape index (κ3) is 4.77. The first kappa shape index (κ1) is 27.3. The van der Waals surface area contributed by atoms with E-state index in [0.717, 1.165) is 55.9 Å². The Morgan fingerprint density at radius 1 is 0.978 bits per heavy atom. The number of aryl methyl sites for hydroxylation is 1. The molecular weight excluding hydrogens is 576 g/mol. The van der Waals surface area contributed by atoms with Crippen molar-refractivity contribution in [1.29, 1.82) is 0 Å². The number of ether oxygens (including phenoxy) is 1. The number of rotatable bonds is 3. The molecule has 14 heteroatoms. The highest BCUT2D eigenvalue weighted by Crippen LogP contribution is 2.34. The number of carbonyl (C=O) groups excluding carboxylic acids is 1. The fourth-order valence-corrected chi connectivity index (χ4v) is 6.17. The summed E-state index contributed by atoms with van der Waals surface area (Å²) in [7, 11) is 2.12. The van der Waals surface area contributed by atoms with E-state index in [0.29, 0.717) is 58.9 Å². The van der Waals surface area contributed by atoms with E-state index in [4.69, 9.17) is 19.1 Å². The molecule has 8 rings (SSSR count). The highest BCUT2D eigenvalue weighted by atomic mass is 16.5. The molecule has 7 heterocycles. The molecule has 0 aliphatic carbocycles. The molecule has 5 aromatic rings. The molecule has 1 aromatic carbocycles. The summed E-state index contributed by atoms with van der Waals surface area (Å²) in [6, 6.07) is 7.49. The number of hydrogen-bond donors (Lipinski definition) is 1. The largest absolute Gasteiger partial charge is 0.480 e. The summed E-state index contributed by atoms with van der Waals surface area (Å²) in [5.74, 6) is 2.17. The Labute approximate surface area is 257 Å². The maximum atomic E-state index is 13.7. The molecule has 3 aliphatic heterocycles. The lowest BCUT2D eigenvalue weighted by Gasteiger charge is -2.34. The summed E-state index contributed by atoms with van der Waals surface area (Å²) in [4.78, 5) is 51.6. The van der Waals surface area contributed by atoms with Gasteiger partial charge in [-0.05, 0) is 38.1 Å². The van der Waals surface area contributed by atoms with Crippen LogP contribution in [0.15, 0.2) is 51.8 Å². The van der Waals surface area contributed by atoms with E-state index in [1.807, 2.05) is 31.2 Å². The molecule has 1 fully saturated rings. The number of benzene rings is 1. The molecular formula is C31H32N10O4. The molecule has 45 heavy (non-hydrogen) atoms. The van der Waals surface area contributed by atoms with E-state index >= 15 is 0 Å². The lowest BCUT2D eigenvalue weighted by molar-refractivity contribution is -0.121. The van der Waals surface area contributed by atoms with Crippen molar-refractivity contribution in [2.75, 3.05) is 61.5 Å². The van der Waals surface area contributed by atoms with Crippen LogP contribution in [-0.4, -0.2) is 86.5 Å². The van der Waals surface area contributed by atoms with E-state index in [1.165, 1.54) is 6.20 Å². The summed E-state index contributed by atoms with van der Waals surface area (Å²) in [6.07, 6.45) is 7.05. The average Bonchev–Trinajstić information content (AvgIpc) is 3.54. The van der Waals surface area contributed by atoms with E-state index in [1.54, 1.807) is 26.4 Å². The van der Waals surface area contributed by atoms with Crippen LogP contribution in [0.2, 0.25) is 0 Å². The molecule has 0 radical (unpaired) electrons. The summed E-state index contributed by atoms with van der Waals surface area (Å²) in [5.41, 5.74) is 3.36. The Kier molecular flexibility index (Phi) is 6.52. The Hall–Kier alpha value is -5.24. The third-order valence-electron chi connectivity index (χ3n) is 8.50.